The molecule has 154 valence electrons. The molecule has 7 nitrogen and oxygen atoms in total. The highest BCUT2D eigenvalue weighted by Crippen LogP contribution is 2.38. The van der Waals surface area contributed by atoms with Crippen LogP contribution in [0.4, 0.5) is 0 Å². The molecule has 0 N–H and O–H groups in total. The molecule has 3 fully saturated rings. The van der Waals surface area contributed by atoms with E-state index in [9.17, 15) is 4.79 Å². The van der Waals surface area contributed by atoms with E-state index in [1.807, 2.05) is 16.8 Å². The van der Waals surface area contributed by atoms with Gasteiger partial charge in [0.05, 0.1) is 25.0 Å². The van der Waals surface area contributed by atoms with Crippen molar-refractivity contribution >= 4 is 5.78 Å². The molecule has 1 saturated carbocycles. The van der Waals surface area contributed by atoms with Crippen molar-refractivity contribution in [2.24, 2.45) is 11.8 Å². The molecule has 2 saturated heterocycles. The number of ether oxygens (including phenoxy) is 2. The van der Waals surface area contributed by atoms with Crippen LogP contribution in [0.1, 0.15) is 60.7 Å². The minimum Gasteiger partial charge on any atom is -0.373 e. The summed E-state index contributed by atoms with van der Waals surface area (Å²) in [5.74, 6) is 0.846. The Morgan fingerprint density at radius 2 is 1.97 bits per heavy atom. The number of carbonyl (C=O) groups is 1. The zero-order valence-corrected chi connectivity index (χ0v) is 16.7. The summed E-state index contributed by atoms with van der Waals surface area (Å²) in [6.45, 7) is 1.09. The first-order chi connectivity index (χ1) is 14.3. The topological polar surface area (TPSA) is 79.1 Å². The van der Waals surface area contributed by atoms with Gasteiger partial charge in [0.25, 0.3) is 0 Å². The monoisotopic (exact) mass is 396 g/mol. The second-order valence-corrected chi connectivity index (χ2v) is 8.66. The van der Waals surface area contributed by atoms with Crippen molar-refractivity contribution in [1.82, 2.24) is 20.0 Å². The smallest absolute Gasteiger partial charge is 0.181 e. The molecular formula is C22H28N4O3. The number of ketones is 1. The minimum atomic E-state index is -0.0707. The van der Waals surface area contributed by atoms with Crippen molar-refractivity contribution in [3.8, 4) is 0 Å². The number of hydrogen-bond acceptors (Lipinski definition) is 6. The summed E-state index contributed by atoms with van der Waals surface area (Å²) in [5.41, 5.74) is 1.58. The van der Waals surface area contributed by atoms with E-state index in [1.165, 1.54) is 32.1 Å². The fourth-order valence-corrected chi connectivity index (χ4v) is 5.09. The van der Waals surface area contributed by atoms with E-state index in [2.05, 4.69) is 21.5 Å². The van der Waals surface area contributed by atoms with Crippen molar-refractivity contribution < 1.29 is 14.3 Å². The van der Waals surface area contributed by atoms with Crippen LogP contribution in [0, 0.1) is 11.8 Å². The summed E-state index contributed by atoms with van der Waals surface area (Å²) in [6, 6.07) is 5.45. The molecule has 4 atom stereocenters. The SMILES string of the molecule is O=C(C[C@H]1CO[C@H]2[C@@H]1OC[C@@H]2n1cc(CC2CCCCC2)nn1)c1ccccn1. The van der Waals surface area contributed by atoms with Crippen LogP contribution in [-0.2, 0) is 15.9 Å². The summed E-state index contributed by atoms with van der Waals surface area (Å²) < 4.78 is 14.1. The lowest BCUT2D eigenvalue weighted by atomic mass is 9.86. The van der Waals surface area contributed by atoms with Crippen molar-refractivity contribution in [2.75, 3.05) is 13.2 Å². The van der Waals surface area contributed by atoms with Crippen LogP contribution in [0.15, 0.2) is 30.6 Å². The van der Waals surface area contributed by atoms with Gasteiger partial charge in [0.15, 0.2) is 5.78 Å². The molecule has 29 heavy (non-hydrogen) atoms. The summed E-state index contributed by atoms with van der Waals surface area (Å²) in [7, 11) is 0. The minimum absolute atomic E-state index is 0.0301. The first kappa shape index (κ1) is 18.9. The summed E-state index contributed by atoms with van der Waals surface area (Å²) in [4.78, 5) is 16.7. The van der Waals surface area contributed by atoms with Gasteiger partial charge in [0, 0.05) is 24.7 Å². The van der Waals surface area contributed by atoms with E-state index in [0.29, 0.717) is 25.3 Å². The predicted molar refractivity (Wildman–Crippen MR) is 105 cm³/mol. The van der Waals surface area contributed by atoms with E-state index < -0.39 is 0 Å². The van der Waals surface area contributed by atoms with Gasteiger partial charge in [-0.15, -0.1) is 5.10 Å². The van der Waals surface area contributed by atoms with E-state index >= 15 is 0 Å². The average molecular weight is 396 g/mol. The first-order valence-corrected chi connectivity index (χ1v) is 10.9. The number of hydrogen-bond donors (Lipinski definition) is 0. The molecule has 2 aromatic heterocycles. The molecule has 2 aromatic rings. The van der Waals surface area contributed by atoms with Crippen molar-refractivity contribution in [1.29, 1.82) is 0 Å². The summed E-state index contributed by atoms with van der Waals surface area (Å²) >= 11 is 0. The third-order valence-electron chi connectivity index (χ3n) is 6.65. The molecular weight excluding hydrogens is 368 g/mol. The molecule has 0 spiro atoms. The highest BCUT2D eigenvalue weighted by atomic mass is 16.6. The number of rotatable bonds is 6. The van der Waals surface area contributed by atoms with Gasteiger partial charge in [-0.2, -0.15) is 0 Å². The molecule has 0 aromatic carbocycles. The fraction of sp³-hybridized carbons (Fsp3) is 0.636. The molecule has 4 heterocycles. The van der Waals surface area contributed by atoms with Crippen LogP contribution in [0.5, 0.6) is 0 Å². The number of fused-ring (bicyclic) bond motifs is 1. The van der Waals surface area contributed by atoms with Gasteiger partial charge in [-0.1, -0.05) is 43.4 Å². The van der Waals surface area contributed by atoms with E-state index in [-0.39, 0.29) is 30.0 Å². The Kier molecular flexibility index (Phi) is 5.42. The summed E-state index contributed by atoms with van der Waals surface area (Å²) in [6.07, 6.45) is 11.7. The van der Waals surface area contributed by atoms with E-state index in [0.717, 1.165) is 18.0 Å². The van der Waals surface area contributed by atoms with E-state index in [1.54, 1.807) is 12.3 Å². The second kappa shape index (κ2) is 8.32. The van der Waals surface area contributed by atoms with Gasteiger partial charge in [-0.25, -0.2) is 4.68 Å². The Bertz CT molecular complexity index is 834. The van der Waals surface area contributed by atoms with Crippen LogP contribution in [0.25, 0.3) is 0 Å². The van der Waals surface area contributed by atoms with Crippen molar-refractivity contribution in [2.45, 2.75) is 63.2 Å². The van der Waals surface area contributed by atoms with Crippen LogP contribution in [0.2, 0.25) is 0 Å². The lowest BCUT2D eigenvalue weighted by Gasteiger charge is -2.20. The molecule has 7 heteroatoms. The summed E-state index contributed by atoms with van der Waals surface area (Å²) in [5, 5.41) is 8.80. The van der Waals surface area contributed by atoms with Crippen LogP contribution < -0.4 is 0 Å². The van der Waals surface area contributed by atoms with Crippen LogP contribution >= 0.6 is 0 Å². The third-order valence-corrected chi connectivity index (χ3v) is 6.65. The van der Waals surface area contributed by atoms with Gasteiger partial charge < -0.3 is 9.47 Å². The van der Waals surface area contributed by atoms with Gasteiger partial charge >= 0.3 is 0 Å². The quantitative estimate of drug-likeness (QED) is 0.699. The number of nitrogens with zero attached hydrogens (tertiary/aromatic N) is 4. The van der Waals surface area contributed by atoms with Gasteiger partial charge in [-0.3, -0.25) is 9.78 Å². The van der Waals surface area contributed by atoms with Gasteiger partial charge in [0.1, 0.15) is 17.8 Å². The Balaban J connectivity index is 1.21. The lowest BCUT2D eigenvalue weighted by Crippen LogP contribution is -2.29. The standard InChI is InChI=1S/C22H28N4O3/c27-20(18-8-4-5-9-23-18)11-16-13-28-22-19(14-29-21(16)22)26-12-17(24-25-26)10-15-6-2-1-3-7-15/h4-5,8-9,12,15-16,19,21-22H,1-3,6-7,10-11,13-14H2/t16-,19-,21+,22+/m0/s1. The molecule has 0 radical (unpaired) electrons. The number of pyridine rings is 1. The van der Waals surface area contributed by atoms with Gasteiger partial charge in [0.2, 0.25) is 0 Å². The Morgan fingerprint density at radius 1 is 1.10 bits per heavy atom. The highest BCUT2D eigenvalue weighted by molar-refractivity contribution is 5.94. The average Bonchev–Trinajstić information content (AvgIpc) is 3.47. The largest absolute Gasteiger partial charge is 0.373 e. The zero-order valence-electron chi connectivity index (χ0n) is 16.7. The highest BCUT2D eigenvalue weighted by Gasteiger charge is 2.49. The molecule has 5 rings (SSSR count). The number of carbonyl (C=O) groups excluding carboxylic acids is 1. The normalized spacial score (nSPS) is 29.8. The zero-order chi connectivity index (χ0) is 19.6. The Hall–Kier alpha value is -2.12. The maximum Gasteiger partial charge on any atom is 0.181 e. The fourth-order valence-electron chi connectivity index (χ4n) is 5.09. The van der Waals surface area contributed by atoms with Gasteiger partial charge in [-0.05, 0) is 24.5 Å². The molecule has 0 unspecified atom stereocenters. The molecule has 2 aliphatic heterocycles. The lowest BCUT2D eigenvalue weighted by molar-refractivity contribution is 0.0584. The van der Waals surface area contributed by atoms with Crippen LogP contribution in [-0.4, -0.2) is 51.2 Å². The Morgan fingerprint density at radius 3 is 2.79 bits per heavy atom. The second-order valence-electron chi connectivity index (χ2n) is 8.66. The third kappa shape index (κ3) is 3.98. The van der Waals surface area contributed by atoms with E-state index in [4.69, 9.17) is 9.47 Å². The first-order valence-electron chi connectivity index (χ1n) is 10.9. The Labute approximate surface area is 170 Å². The maximum atomic E-state index is 12.5. The predicted octanol–water partition coefficient (Wildman–Crippen LogP) is 3.02. The number of Topliss-reactive ketones (excluding diaryl/α,β-unsaturated/α-hetero) is 1. The maximum absolute atomic E-state index is 12.5. The molecule has 0 amide bonds. The molecule has 1 aliphatic carbocycles. The van der Waals surface area contributed by atoms with Crippen molar-refractivity contribution in [3.63, 3.8) is 0 Å². The molecule has 0 bridgehead atoms. The van der Waals surface area contributed by atoms with Crippen LogP contribution in [0.3, 0.4) is 0 Å². The van der Waals surface area contributed by atoms with Crippen molar-refractivity contribution in [3.05, 3.63) is 42.0 Å². The number of aromatic nitrogens is 4. The molecule has 3 aliphatic rings.